The Morgan fingerprint density at radius 1 is 1.06 bits per heavy atom. The molecule has 2 aromatic carbocycles. The highest BCUT2D eigenvalue weighted by Crippen LogP contribution is 2.39. The first-order valence-corrected chi connectivity index (χ1v) is 5.96. The second-order valence-electron chi connectivity index (χ2n) is 4.56. The molecule has 2 N–H and O–H groups in total. The molecule has 0 bridgehead atoms. The minimum Gasteiger partial charge on any atom is -0.508 e. The van der Waals surface area contributed by atoms with Crippen LogP contribution < -0.4 is 4.74 Å². The van der Waals surface area contributed by atoms with E-state index in [4.69, 9.17) is 4.74 Å². The lowest BCUT2D eigenvalue weighted by Gasteiger charge is -2.26. The van der Waals surface area contributed by atoms with Gasteiger partial charge in [0, 0.05) is 23.6 Å². The van der Waals surface area contributed by atoms with Gasteiger partial charge in [-0.1, -0.05) is 30.3 Å². The van der Waals surface area contributed by atoms with Crippen molar-refractivity contribution in [3.8, 4) is 17.2 Å². The van der Waals surface area contributed by atoms with Crippen LogP contribution in [0.15, 0.2) is 42.5 Å². The Kier molecular flexibility index (Phi) is 2.59. The molecule has 2 aromatic rings. The van der Waals surface area contributed by atoms with E-state index in [1.54, 1.807) is 6.07 Å². The van der Waals surface area contributed by atoms with Gasteiger partial charge in [0.05, 0.1) is 6.61 Å². The molecule has 18 heavy (non-hydrogen) atoms. The normalized spacial score (nSPS) is 17.9. The topological polar surface area (TPSA) is 49.7 Å². The average Bonchev–Trinajstić information content (AvgIpc) is 2.39. The van der Waals surface area contributed by atoms with E-state index in [0.29, 0.717) is 12.4 Å². The molecule has 1 unspecified atom stereocenters. The van der Waals surface area contributed by atoms with Crippen LogP contribution in [0.4, 0.5) is 0 Å². The number of phenolic OH excluding ortho intramolecular Hbond substituents is 2. The zero-order valence-electron chi connectivity index (χ0n) is 9.84. The van der Waals surface area contributed by atoms with Gasteiger partial charge in [0.2, 0.25) is 0 Å². The van der Waals surface area contributed by atoms with Gasteiger partial charge in [-0.3, -0.25) is 0 Å². The van der Waals surface area contributed by atoms with Crippen LogP contribution in [0.25, 0.3) is 0 Å². The molecular weight excluding hydrogens is 228 g/mol. The molecule has 3 heteroatoms. The summed E-state index contributed by atoms with van der Waals surface area (Å²) in [4.78, 5) is 0. The Labute approximate surface area is 105 Å². The Morgan fingerprint density at radius 2 is 1.83 bits per heavy atom. The Hall–Kier alpha value is -2.16. The number of phenols is 2. The number of benzene rings is 2. The standard InChI is InChI=1S/C15H14O3/c16-12-7-14(17)13-6-11(9-18-15(13)8-12)10-4-2-1-3-5-10/h1-5,7-8,11,16-17H,6,9H2. The maximum absolute atomic E-state index is 9.86. The molecule has 0 aromatic heterocycles. The summed E-state index contributed by atoms with van der Waals surface area (Å²) in [5.41, 5.74) is 1.98. The maximum Gasteiger partial charge on any atom is 0.129 e. The first-order chi connectivity index (χ1) is 8.74. The summed E-state index contributed by atoms with van der Waals surface area (Å²) in [6.45, 7) is 0.569. The van der Waals surface area contributed by atoms with E-state index in [1.165, 1.54) is 11.6 Å². The highest BCUT2D eigenvalue weighted by molar-refractivity contribution is 5.51. The number of hydrogen-bond acceptors (Lipinski definition) is 3. The number of fused-ring (bicyclic) bond motifs is 1. The Morgan fingerprint density at radius 3 is 2.61 bits per heavy atom. The van der Waals surface area contributed by atoms with Gasteiger partial charge in [-0.2, -0.15) is 0 Å². The number of hydrogen-bond donors (Lipinski definition) is 2. The predicted octanol–water partition coefficient (Wildman–Crippen LogP) is 2.82. The molecule has 92 valence electrons. The van der Waals surface area contributed by atoms with Crippen LogP contribution in [0.2, 0.25) is 0 Å². The largest absolute Gasteiger partial charge is 0.508 e. The summed E-state index contributed by atoms with van der Waals surface area (Å²) < 4.78 is 5.63. The average molecular weight is 242 g/mol. The van der Waals surface area contributed by atoms with Crippen molar-refractivity contribution in [2.45, 2.75) is 12.3 Å². The van der Waals surface area contributed by atoms with Gasteiger partial charge in [0.25, 0.3) is 0 Å². The van der Waals surface area contributed by atoms with Crippen molar-refractivity contribution in [2.24, 2.45) is 0 Å². The predicted molar refractivity (Wildman–Crippen MR) is 68.2 cm³/mol. The second-order valence-corrected chi connectivity index (χ2v) is 4.56. The van der Waals surface area contributed by atoms with Gasteiger partial charge < -0.3 is 14.9 Å². The molecule has 1 heterocycles. The summed E-state index contributed by atoms with van der Waals surface area (Å²) in [7, 11) is 0. The lowest BCUT2D eigenvalue weighted by Crippen LogP contribution is -2.19. The van der Waals surface area contributed by atoms with Crippen molar-refractivity contribution in [3.05, 3.63) is 53.6 Å². The molecule has 1 atom stereocenters. The molecule has 0 spiro atoms. The third kappa shape index (κ3) is 1.88. The van der Waals surface area contributed by atoms with Gasteiger partial charge in [-0.05, 0) is 12.0 Å². The van der Waals surface area contributed by atoms with Crippen molar-refractivity contribution in [2.75, 3.05) is 6.61 Å². The molecule has 0 aliphatic carbocycles. The smallest absolute Gasteiger partial charge is 0.129 e. The number of aromatic hydroxyl groups is 2. The van der Waals surface area contributed by atoms with Gasteiger partial charge in [0.1, 0.15) is 17.2 Å². The summed E-state index contributed by atoms with van der Waals surface area (Å²) in [6, 6.07) is 13.0. The van der Waals surface area contributed by atoms with Crippen LogP contribution in [0, 0.1) is 0 Å². The quantitative estimate of drug-likeness (QED) is 0.808. The van der Waals surface area contributed by atoms with Gasteiger partial charge >= 0.3 is 0 Å². The summed E-state index contributed by atoms with van der Waals surface area (Å²) in [6.07, 6.45) is 0.728. The summed E-state index contributed by atoms with van der Waals surface area (Å²) >= 11 is 0. The highest BCUT2D eigenvalue weighted by Gasteiger charge is 2.24. The molecule has 3 nitrogen and oxygen atoms in total. The minimum atomic E-state index is 0.0319. The first-order valence-electron chi connectivity index (χ1n) is 5.96. The number of ether oxygens (including phenoxy) is 1. The van der Waals surface area contributed by atoms with Crippen molar-refractivity contribution < 1.29 is 14.9 Å². The molecule has 0 saturated carbocycles. The van der Waals surface area contributed by atoms with Gasteiger partial charge in [-0.15, -0.1) is 0 Å². The van der Waals surface area contributed by atoms with E-state index < -0.39 is 0 Å². The van der Waals surface area contributed by atoms with Crippen LogP contribution in [-0.2, 0) is 6.42 Å². The Balaban J connectivity index is 1.94. The Bertz CT molecular complexity index is 563. The fourth-order valence-corrected chi connectivity index (χ4v) is 2.39. The molecule has 0 fully saturated rings. The van der Waals surface area contributed by atoms with E-state index in [9.17, 15) is 10.2 Å². The summed E-state index contributed by atoms with van der Waals surface area (Å²) in [5.74, 6) is 0.962. The van der Waals surface area contributed by atoms with Crippen molar-refractivity contribution in [1.29, 1.82) is 0 Å². The minimum absolute atomic E-state index is 0.0319. The van der Waals surface area contributed by atoms with Gasteiger partial charge in [-0.25, -0.2) is 0 Å². The summed E-state index contributed by atoms with van der Waals surface area (Å²) in [5, 5.41) is 19.3. The molecular formula is C15H14O3. The van der Waals surface area contributed by atoms with Crippen LogP contribution in [-0.4, -0.2) is 16.8 Å². The van der Waals surface area contributed by atoms with Crippen molar-refractivity contribution in [3.63, 3.8) is 0 Å². The van der Waals surface area contributed by atoms with Crippen molar-refractivity contribution >= 4 is 0 Å². The van der Waals surface area contributed by atoms with E-state index >= 15 is 0 Å². The SMILES string of the molecule is Oc1cc(O)c2c(c1)OCC(c1ccccc1)C2. The number of rotatable bonds is 1. The van der Waals surface area contributed by atoms with Crippen LogP contribution in [0.5, 0.6) is 17.2 Å². The van der Waals surface area contributed by atoms with Crippen LogP contribution in [0.3, 0.4) is 0 Å². The van der Waals surface area contributed by atoms with Crippen LogP contribution >= 0.6 is 0 Å². The molecule has 0 radical (unpaired) electrons. The monoisotopic (exact) mass is 242 g/mol. The third-order valence-corrected chi connectivity index (χ3v) is 3.33. The first kappa shape index (κ1) is 11.0. The molecule has 1 aliphatic heterocycles. The lowest BCUT2D eigenvalue weighted by atomic mass is 9.90. The van der Waals surface area contributed by atoms with E-state index in [-0.39, 0.29) is 17.4 Å². The van der Waals surface area contributed by atoms with Crippen LogP contribution in [0.1, 0.15) is 17.0 Å². The van der Waals surface area contributed by atoms with E-state index in [1.807, 2.05) is 18.2 Å². The lowest BCUT2D eigenvalue weighted by molar-refractivity contribution is 0.257. The highest BCUT2D eigenvalue weighted by atomic mass is 16.5. The molecule has 0 saturated heterocycles. The zero-order valence-corrected chi connectivity index (χ0v) is 9.84. The van der Waals surface area contributed by atoms with Gasteiger partial charge in [0.15, 0.2) is 0 Å². The second kappa shape index (κ2) is 4.26. The molecule has 3 rings (SSSR count). The van der Waals surface area contributed by atoms with Crippen molar-refractivity contribution in [1.82, 2.24) is 0 Å². The fourth-order valence-electron chi connectivity index (χ4n) is 2.39. The van der Waals surface area contributed by atoms with E-state index in [2.05, 4.69) is 12.1 Å². The zero-order chi connectivity index (χ0) is 12.5. The van der Waals surface area contributed by atoms with E-state index in [0.717, 1.165) is 12.0 Å². The molecule has 0 amide bonds. The molecule has 1 aliphatic rings. The third-order valence-electron chi connectivity index (χ3n) is 3.33. The maximum atomic E-state index is 9.86. The fraction of sp³-hybridized carbons (Fsp3) is 0.200.